The number of halogens is 2. The van der Waals surface area contributed by atoms with Gasteiger partial charge in [-0.15, -0.1) is 0 Å². The van der Waals surface area contributed by atoms with Crippen molar-refractivity contribution in [2.24, 2.45) is 0 Å². The predicted molar refractivity (Wildman–Crippen MR) is 46.8 cm³/mol. The number of nitrogen functional groups attached to an aromatic ring is 1. The van der Waals surface area contributed by atoms with Gasteiger partial charge in [0, 0.05) is 10.6 Å². The molecule has 0 aliphatic rings. The van der Waals surface area contributed by atoms with Gasteiger partial charge in [-0.3, -0.25) is 0 Å². The molecule has 0 aliphatic carbocycles. The minimum atomic E-state index is -0.189. The molecule has 0 radical (unpaired) electrons. The average Bonchev–Trinajstić information content (AvgIpc) is 1.99. The highest BCUT2D eigenvalue weighted by Gasteiger charge is 2.06. The normalized spacial score (nSPS) is 10.1. The van der Waals surface area contributed by atoms with Crippen molar-refractivity contribution < 1.29 is 5.11 Å². The first-order valence-electron chi connectivity index (χ1n) is 3.00. The molecule has 0 bridgehead atoms. The highest BCUT2D eigenvalue weighted by atomic mass is 35.5. The summed E-state index contributed by atoms with van der Waals surface area (Å²) < 4.78 is 0. The molecular weight excluding hydrogens is 185 g/mol. The first-order chi connectivity index (χ1) is 5.16. The minimum Gasteiger partial charge on any atom is -0.397 e. The van der Waals surface area contributed by atoms with E-state index < -0.39 is 0 Å². The fourth-order valence-electron chi connectivity index (χ4n) is 0.770. The molecule has 0 aromatic heterocycles. The van der Waals surface area contributed by atoms with Crippen molar-refractivity contribution in [1.29, 1.82) is 0 Å². The highest BCUT2D eigenvalue weighted by Crippen LogP contribution is 2.28. The van der Waals surface area contributed by atoms with Crippen LogP contribution < -0.4 is 5.73 Å². The first-order valence-corrected chi connectivity index (χ1v) is 3.75. The van der Waals surface area contributed by atoms with Crippen LogP contribution >= 0.6 is 23.2 Å². The van der Waals surface area contributed by atoms with Gasteiger partial charge in [0.1, 0.15) is 0 Å². The standard InChI is InChI=1S/C7H7Cl2NO/c8-5-1-2-6(9)7(10)4(5)3-11/h1-2,11H,3,10H2. The number of benzene rings is 1. The molecule has 0 saturated carbocycles. The predicted octanol–water partition coefficient (Wildman–Crippen LogP) is 2.07. The Morgan fingerprint density at radius 1 is 1.27 bits per heavy atom. The molecule has 0 unspecified atom stereocenters. The van der Waals surface area contributed by atoms with E-state index in [0.29, 0.717) is 21.3 Å². The number of hydrogen-bond donors (Lipinski definition) is 2. The molecule has 0 fully saturated rings. The summed E-state index contributed by atoms with van der Waals surface area (Å²) in [6.45, 7) is -0.189. The van der Waals surface area contributed by atoms with Crippen LogP contribution in [0.15, 0.2) is 12.1 Å². The molecule has 3 N–H and O–H groups in total. The van der Waals surface area contributed by atoms with E-state index in [0.717, 1.165) is 0 Å². The summed E-state index contributed by atoms with van der Waals surface area (Å²) >= 11 is 11.4. The Bertz CT molecular complexity index is 275. The largest absolute Gasteiger partial charge is 0.397 e. The Balaban J connectivity index is 3.29. The van der Waals surface area contributed by atoms with Crippen molar-refractivity contribution in [3.8, 4) is 0 Å². The van der Waals surface area contributed by atoms with Gasteiger partial charge in [0.2, 0.25) is 0 Å². The van der Waals surface area contributed by atoms with E-state index in [2.05, 4.69) is 0 Å². The maximum atomic E-state index is 8.80. The van der Waals surface area contributed by atoms with Crippen LogP contribution in [0.4, 0.5) is 5.69 Å². The molecule has 0 heterocycles. The summed E-state index contributed by atoms with van der Waals surface area (Å²) in [6.07, 6.45) is 0. The van der Waals surface area contributed by atoms with Gasteiger partial charge >= 0.3 is 0 Å². The summed E-state index contributed by atoms with van der Waals surface area (Å²) in [4.78, 5) is 0. The molecule has 0 spiro atoms. The molecule has 0 saturated heterocycles. The van der Waals surface area contributed by atoms with Crippen LogP contribution in [0.3, 0.4) is 0 Å². The van der Waals surface area contributed by atoms with Gasteiger partial charge in [0.15, 0.2) is 0 Å². The van der Waals surface area contributed by atoms with Gasteiger partial charge in [0.25, 0.3) is 0 Å². The lowest BCUT2D eigenvalue weighted by Crippen LogP contribution is -1.95. The Kier molecular flexibility index (Phi) is 2.60. The van der Waals surface area contributed by atoms with Gasteiger partial charge in [-0.05, 0) is 12.1 Å². The van der Waals surface area contributed by atoms with E-state index in [1.54, 1.807) is 12.1 Å². The van der Waals surface area contributed by atoms with Crippen molar-refractivity contribution in [3.05, 3.63) is 27.7 Å². The maximum absolute atomic E-state index is 8.80. The van der Waals surface area contributed by atoms with E-state index in [4.69, 9.17) is 34.0 Å². The van der Waals surface area contributed by atoms with Crippen molar-refractivity contribution in [2.75, 3.05) is 5.73 Å². The molecule has 0 atom stereocenters. The second-order valence-electron chi connectivity index (χ2n) is 2.08. The summed E-state index contributed by atoms with van der Waals surface area (Å²) in [5.41, 5.74) is 6.35. The molecule has 11 heavy (non-hydrogen) atoms. The molecule has 1 aromatic carbocycles. The highest BCUT2D eigenvalue weighted by molar-refractivity contribution is 6.35. The van der Waals surface area contributed by atoms with Crippen LogP contribution in [-0.4, -0.2) is 5.11 Å². The maximum Gasteiger partial charge on any atom is 0.0717 e. The molecule has 2 nitrogen and oxygen atoms in total. The topological polar surface area (TPSA) is 46.2 Å². The van der Waals surface area contributed by atoms with Crippen molar-refractivity contribution in [3.63, 3.8) is 0 Å². The molecule has 4 heteroatoms. The van der Waals surface area contributed by atoms with Crippen LogP contribution in [0, 0.1) is 0 Å². The third-order valence-electron chi connectivity index (χ3n) is 1.40. The smallest absolute Gasteiger partial charge is 0.0717 e. The lowest BCUT2D eigenvalue weighted by molar-refractivity contribution is 0.282. The number of aliphatic hydroxyl groups excluding tert-OH is 1. The third kappa shape index (κ3) is 1.59. The van der Waals surface area contributed by atoms with E-state index in [1.807, 2.05) is 0 Å². The number of nitrogens with two attached hydrogens (primary N) is 1. The fourth-order valence-corrected chi connectivity index (χ4v) is 1.17. The molecule has 1 rings (SSSR count). The van der Waals surface area contributed by atoms with Crippen LogP contribution in [0.1, 0.15) is 5.56 Å². The Hall–Kier alpha value is -0.440. The molecular formula is C7H7Cl2NO. The Morgan fingerprint density at radius 2 is 1.82 bits per heavy atom. The number of hydrogen-bond acceptors (Lipinski definition) is 2. The zero-order chi connectivity index (χ0) is 8.43. The van der Waals surface area contributed by atoms with Gasteiger partial charge in [0.05, 0.1) is 17.3 Å². The van der Waals surface area contributed by atoms with Gasteiger partial charge in [-0.25, -0.2) is 0 Å². The minimum absolute atomic E-state index is 0.189. The van der Waals surface area contributed by atoms with E-state index >= 15 is 0 Å². The van der Waals surface area contributed by atoms with Crippen molar-refractivity contribution in [1.82, 2.24) is 0 Å². The second-order valence-corrected chi connectivity index (χ2v) is 2.89. The lowest BCUT2D eigenvalue weighted by atomic mass is 10.2. The van der Waals surface area contributed by atoms with E-state index in [1.165, 1.54) is 0 Å². The molecule has 1 aromatic rings. The molecule has 0 amide bonds. The van der Waals surface area contributed by atoms with Gasteiger partial charge in [-0.2, -0.15) is 0 Å². The lowest BCUT2D eigenvalue weighted by Gasteiger charge is -2.05. The van der Waals surface area contributed by atoms with E-state index in [-0.39, 0.29) is 6.61 Å². The second kappa shape index (κ2) is 3.30. The first kappa shape index (κ1) is 8.65. The molecule has 0 aliphatic heterocycles. The summed E-state index contributed by atoms with van der Waals surface area (Å²) in [6, 6.07) is 3.20. The fraction of sp³-hybridized carbons (Fsp3) is 0.143. The number of rotatable bonds is 1. The number of aliphatic hydroxyl groups is 1. The zero-order valence-electron chi connectivity index (χ0n) is 5.64. The van der Waals surface area contributed by atoms with E-state index in [9.17, 15) is 0 Å². The monoisotopic (exact) mass is 191 g/mol. The van der Waals surface area contributed by atoms with Crippen LogP contribution in [0.25, 0.3) is 0 Å². The Morgan fingerprint density at radius 3 is 2.27 bits per heavy atom. The zero-order valence-corrected chi connectivity index (χ0v) is 7.15. The number of anilines is 1. The quantitative estimate of drug-likeness (QED) is 0.669. The van der Waals surface area contributed by atoms with Crippen molar-refractivity contribution >= 4 is 28.9 Å². The molecule has 60 valence electrons. The van der Waals surface area contributed by atoms with Crippen LogP contribution in [0.5, 0.6) is 0 Å². The third-order valence-corrected chi connectivity index (χ3v) is 2.09. The average molecular weight is 192 g/mol. The summed E-state index contributed by atoms with van der Waals surface area (Å²) in [5.74, 6) is 0. The SMILES string of the molecule is Nc1c(Cl)ccc(Cl)c1CO. The van der Waals surface area contributed by atoms with Gasteiger partial charge < -0.3 is 10.8 Å². The van der Waals surface area contributed by atoms with Crippen LogP contribution in [0.2, 0.25) is 10.0 Å². The summed E-state index contributed by atoms with van der Waals surface area (Å²) in [5, 5.41) is 9.66. The van der Waals surface area contributed by atoms with Gasteiger partial charge in [-0.1, -0.05) is 23.2 Å². The summed E-state index contributed by atoms with van der Waals surface area (Å²) in [7, 11) is 0. The van der Waals surface area contributed by atoms with Crippen LogP contribution in [-0.2, 0) is 6.61 Å². The Labute approximate surface area is 74.5 Å². The van der Waals surface area contributed by atoms with Crippen molar-refractivity contribution in [2.45, 2.75) is 6.61 Å².